The summed E-state index contributed by atoms with van der Waals surface area (Å²) in [6.45, 7) is 1.80. The highest BCUT2D eigenvalue weighted by Gasteiger charge is 2.21. The van der Waals surface area contributed by atoms with Crippen LogP contribution >= 0.6 is 11.6 Å². The smallest absolute Gasteiger partial charge is 0.251 e. The number of nitrogens with one attached hydrogen (secondary N) is 1. The van der Waals surface area contributed by atoms with Crippen LogP contribution in [0.4, 0.5) is 0 Å². The SMILES string of the molecule is CC(O)(CCCO)CNC(=O)c1cccc(-c2cccc(Cl)c2)c1. The van der Waals surface area contributed by atoms with E-state index in [0.29, 0.717) is 23.4 Å². The molecule has 2 aromatic rings. The van der Waals surface area contributed by atoms with E-state index in [9.17, 15) is 9.90 Å². The summed E-state index contributed by atoms with van der Waals surface area (Å²) in [5, 5.41) is 22.4. The number of halogens is 1. The molecule has 1 unspecified atom stereocenters. The number of carbonyl (C=O) groups is 1. The van der Waals surface area contributed by atoms with Crippen molar-refractivity contribution in [1.82, 2.24) is 5.32 Å². The number of rotatable bonds is 7. The summed E-state index contributed by atoms with van der Waals surface area (Å²) in [6, 6.07) is 14.7. The second-order valence-electron chi connectivity index (χ2n) is 6.10. The minimum absolute atomic E-state index is 0.0196. The molecule has 128 valence electrons. The van der Waals surface area contributed by atoms with Crippen molar-refractivity contribution in [2.45, 2.75) is 25.4 Å². The topological polar surface area (TPSA) is 69.6 Å². The van der Waals surface area contributed by atoms with E-state index in [-0.39, 0.29) is 19.1 Å². The van der Waals surface area contributed by atoms with Crippen molar-refractivity contribution in [2.24, 2.45) is 0 Å². The van der Waals surface area contributed by atoms with Gasteiger partial charge in [0.05, 0.1) is 5.60 Å². The third kappa shape index (κ3) is 5.34. The summed E-state index contributed by atoms with van der Waals surface area (Å²) in [5.74, 6) is -0.247. The van der Waals surface area contributed by atoms with Crippen molar-refractivity contribution in [3.63, 3.8) is 0 Å². The molecule has 0 heterocycles. The summed E-state index contributed by atoms with van der Waals surface area (Å²) >= 11 is 6.01. The first-order valence-corrected chi connectivity index (χ1v) is 8.26. The summed E-state index contributed by atoms with van der Waals surface area (Å²) in [5.41, 5.74) is 1.32. The minimum atomic E-state index is -1.04. The van der Waals surface area contributed by atoms with E-state index in [1.54, 1.807) is 25.1 Å². The molecule has 24 heavy (non-hydrogen) atoms. The van der Waals surface area contributed by atoms with Crippen LogP contribution in [0.15, 0.2) is 48.5 Å². The predicted molar refractivity (Wildman–Crippen MR) is 96.2 cm³/mol. The van der Waals surface area contributed by atoms with Crippen LogP contribution in [0.5, 0.6) is 0 Å². The van der Waals surface area contributed by atoms with E-state index in [1.165, 1.54) is 0 Å². The molecule has 0 aromatic heterocycles. The van der Waals surface area contributed by atoms with Crippen molar-refractivity contribution in [1.29, 1.82) is 0 Å². The highest BCUT2D eigenvalue weighted by molar-refractivity contribution is 6.30. The molecule has 0 aliphatic carbocycles. The Labute approximate surface area is 147 Å². The van der Waals surface area contributed by atoms with Crippen LogP contribution in [0.25, 0.3) is 11.1 Å². The number of amides is 1. The second-order valence-corrected chi connectivity index (χ2v) is 6.53. The highest BCUT2D eigenvalue weighted by atomic mass is 35.5. The van der Waals surface area contributed by atoms with Gasteiger partial charge in [0.1, 0.15) is 0 Å². The van der Waals surface area contributed by atoms with Crippen LogP contribution in [0.2, 0.25) is 5.02 Å². The molecular formula is C19H22ClNO3. The number of aliphatic hydroxyl groups is 2. The maximum atomic E-state index is 12.3. The zero-order valence-electron chi connectivity index (χ0n) is 13.6. The zero-order valence-corrected chi connectivity index (χ0v) is 14.4. The van der Waals surface area contributed by atoms with Crippen molar-refractivity contribution < 1.29 is 15.0 Å². The van der Waals surface area contributed by atoms with E-state index in [2.05, 4.69) is 5.32 Å². The zero-order chi connectivity index (χ0) is 17.6. The molecule has 0 saturated carbocycles. The number of aliphatic hydroxyl groups excluding tert-OH is 1. The number of hydrogen-bond donors (Lipinski definition) is 3. The van der Waals surface area contributed by atoms with E-state index >= 15 is 0 Å². The molecule has 2 aromatic carbocycles. The number of hydrogen-bond acceptors (Lipinski definition) is 3. The fraction of sp³-hybridized carbons (Fsp3) is 0.316. The summed E-state index contributed by atoms with van der Waals surface area (Å²) < 4.78 is 0. The summed E-state index contributed by atoms with van der Waals surface area (Å²) in [4.78, 5) is 12.3. The lowest BCUT2D eigenvalue weighted by atomic mass is 10.00. The first-order valence-electron chi connectivity index (χ1n) is 7.89. The maximum Gasteiger partial charge on any atom is 0.251 e. The Balaban J connectivity index is 2.07. The van der Waals surface area contributed by atoms with Crippen LogP contribution in [0.3, 0.4) is 0 Å². The number of carbonyl (C=O) groups excluding carboxylic acids is 1. The molecule has 5 heteroatoms. The molecule has 0 radical (unpaired) electrons. The fourth-order valence-electron chi connectivity index (χ4n) is 2.43. The monoisotopic (exact) mass is 347 g/mol. The Morgan fingerprint density at radius 1 is 1.17 bits per heavy atom. The van der Waals surface area contributed by atoms with Crippen LogP contribution in [-0.4, -0.2) is 34.9 Å². The quantitative estimate of drug-likeness (QED) is 0.720. The van der Waals surface area contributed by atoms with Crippen LogP contribution in [0, 0.1) is 0 Å². The molecule has 0 aliphatic rings. The van der Waals surface area contributed by atoms with Crippen LogP contribution in [-0.2, 0) is 0 Å². The van der Waals surface area contributed by atoms with Gasteiger partial charge < -0.3 is 15.5 Å². The Morgan fingerprint density at radius 3 is 2.50 bits per heavy atom. The lowest BCUT2D eigenvalue weighted by Crippen LogP contribution is -2.40. The molecule has 4 nitrogen and oxygen atoms in total. The molecule has 0 spiro atoms. The van der Waals surface area contributed by atoms with Gasteiger partial charge in [0.2, 0.25) is 0 Å². The summed E-state index contributed by atoms with van der Waals surface area (Å²) in [6.07, 6.45) is 0.916. The Bertz CT molecular complexity index is 701. The summed E-state index contributed by atoms with van der Waals surface area (Å²) in [7, 11) is 0. The lowest BCUT2D eigenvalue weighted by molar-refractivity contribution is 0.0415. The molecular weight excluding hydrogens is 326 g/mol. The largest absolute Gasteiger partial charge is 0.396 e. The molecule has 2 rings (SSSR count). The molecule has 0 aliphatic heterocycles. The van der Waals surface area contributed by atoms with E-state index in [1.807, 2.05) is 30.3 Å². The van der Waals surface area contributed by atoms with Gasteiger partial charge >= 0.3 is 0 Å². The van der Waals surface area contributed by atoms with Gasteiger partial charge in [-0.05, 0) is 55.2 Å². The van der Waals surface area contributed by atoms with Crippen LogP contribution in [0.1, 0.15) is 30.1 Å². The van der Waals surface area contributed by atoms with E-state index < -0.39 is 5.60 Å². The average Bonchev–Trinajstić information content (AvgIpc) is 2.58. The van der Waals surface area contributed by atoms with Crippen molar-refractivity contribution in [2.75, 3.05) is 13.2 Å². The van der Waals surface area contributed by atoms with Crippen LogP contribution < -0.4 is 5.32 Å². The van der Waals surface area contributed by atoms with Crippen molar-refractivity contribution in [3.05, 3.63) is 59.1 Å². The fourth-order valence-corrected chi connectivity index (χ4v) is 2.62. The van der Waals surface area contributed by atoms with Gasteiger partial charge in [-0.1, -0.05) is 35.9 Å². The normalized spacial score (nSPS) is 13.3. The molecule has 1 atom stereocenters. The Hall–Kier alpha value is -1.88. The molecule has 0 bridgehead atoms. The van der Waals surface area contributed by atoms with Crippen molar-refractivity contribution in [3.8, 4) is 11.1 Å². The van der Waals surface area contributed by atoms with Gasteiger partial charge in [-0.2, -0.15) is 0 Å². The molecule has 3 N–H and O–H groups in total. The lowest BCUT2D eigenvalue weighted by Gasteiger charge is -2.23. The predicted octanol–water partition coefficient (Wildman–Crippen LogP) is 3.26. The average molecular weight is 348 g/mol. The van der Waals surface area contributed by atoms with Crippen molar-refractivity contribution >= 4 is 17.5 Å². The first kappa shape index (κ1) is 18.5. The van der Waals surface area contributed by atoms with E-state index in [0.717, 1.165) is 11.1 Å². The standard InChI is InChI=1S/C19H22ClNO3/c1-19(24,9-4-10-22)13-21-18(23)16-7-2-5-14(11-16)15-6-3-8-17(20)12-15/h2-3,5-8,11-12,22,24H,4,9-10,13H2,1H3,(H,21,23). The van der Waals surface area contributed by atoms with Gasteiger partial charge in [0.25, 0.3) is 5.91 Å². The first-order chi connectivity index (χ1) is 11.4. The van der Waals surface area contributed by atoms with Gasteiger partial charge in [-0.3, -0.25) is 4.79 Å². The van der Waals surface area contributed by atoms with Gasteiger partial charge in [-0.25, -0.2) is 0 Å². The number of benzene rings is 2. The third-order valence-electron chi connectivity index (χ3n) is 3.79. The van der Waals surface area contributed by atoms with Gasteiger partial charge in [0.15, 0.2) is 0 Å². The second kappa shape index (κ2) is 8.29. The maximum absolute atomic E-state index is 12.3. The minimum Gasteiger partial charge on any atom is -0.396 e. The molecule has 1 amide bonds. The van der Waals surface area contributed by atoms with Gasteiger partial charge in [0, 0.05) is 23.7 Å². The Kier molecular flexibility index (Phi) is 6.37. The third-order valence-corrected chi connectivity index (χ3v) is 4.02. The molecule has 0 saturated heterocycles. The van der Waals surface area contributed by atoms with Gasteiger partial charge in [-0.15, -0.1) is 0 Å². The van der Waals surface area contributed by atoms with E-state index in [4.69, 9.17) is 16.7 Å². The molecule has 0 fully saturated rings. The highest BCUT2D eigenvalue weighted by Crippen LogP contribution is 2.23. The Morgan fingerprint density at radius 2 is 1.83 bits per heavy atom.